The summed E-state index contributed by atoms with van der Waals surface area (Å²) in [6.45, 7) is 4.04. The topological polar surface area (TPSA) is 103 Å². The Morgan fingerprint density at radius 1 is 1.05 bits per heavy atom. The molecule has 4 atom stereocenters. The van der Waals surface area contributed by atoms with Gasteiger partial charge in [0.1, 0.15) is 6.10 Å². The number of amides is 2. The third kappa shape index (κ3) is 7.77. The number of ether oxygens (including phenoxy) is 3. The van der Waals surface area contributed by atoms with Crippen molar-refractivity contribution in [2.45, 2.75) is 70.2 Å². The molecule has 2 aliphatic heterocycles. The van der Waals surface area contributed by atoms with E-state index in [-0.39, 0.29) is 37.2 Å². The van der Waals surface area contributed by atoms with Gasteiger partial charge in [0.05, 0.1) is 18.8 Å². The zero-order valence-corrected chi connectivity index (χ0v) is 21.8. The number of hydrogen-bond acceptors (Lipinski definition) is 6. The van der Waals surface area contributed by atoms with Gasteiger partial charge in [0.2, 0.25) is 11.8 Å². The molecular weight excluding hydrogens is 496 g/mol. The van der Waals surface area contributed by atoms with E-state index in [1.165, 1.54) is 0 Å². The van der Waals surface area contributed by atoms with E-state index < -0.39 is 30.0 Å². The molecule has 0 aromatic heterocycles. The minimum atomic E-state index is -0.857. The molecule has 2 aromatic carbocycles. The van der Waals surface area contributed by atoms with Crippen LogP contribution < -0.4 is 10.6 Å². The lowest BCUT2D eigenvalue weighted by Crippen LogP contribution is -2.40. The van der Waals surface area contributed by atoms with Gasteiger partial charge < -0.3 is 24.8 Å². The average Bonchev–Trinajstić information content (AvgIpc) is 3.17. The highest BCUT2D eigenvalue weighted by Crippen LogP contribution is 2.35. The maximum absolute atomic E-state index is 13.3. The first-order valence-electron chi connectivity index (χ1n) is 12.6. The zero-order chi connectivity index (χ0) is 26.4. The molecule has 37 heavy (non-hydrogen) atoms. The fraction of sp³-hybridized carbons (Fsp3) is 0.464. The van der Waals surface area contributed by atoms with E-state index in [1.807, 2.05) is 42.5 Å². The number of esters is 1. The Morgan fingerprint density at radius 2 is 1.76 bits per heavy atom. The van der Waals surface area contributed by atoms with E-state index in [1.54, 1.807) is 26.0 Å². The number of rotatable bonds is 5. The van der Waals surface area contributed by atoms with Crippen LogP contribution in [-0.2, 0) is 35.1 Å². The summed E-state index contributed by atoms with van der Waals surface area (Å²) in [7, 11) is 0. The number of nitrogens with one attached hydrogen (secondary N) is 2. The van der Waals surface area contributed by atoms with Gasteiger partial charge in [-0.15, -0.1) is 0 Å². The molecule has 8 nitrogen and oxygen atoms in total. The summed E-state index contributed by atoms with van der Waals surface area (Å²) in [5.74, 6) is -2.42. The van der Waals surface area contributed by atoms with Crippen LogP contribution in [0.25, 0.3) is 0 Å². The van der Waals surface area contributed by atoms with Crippen molar-refractivity contribution >= 4 is 29.4 Å². The molecular formula is C28H33ClN2O6. The fourth-order valence-corrected chi connectivity index (χ4v) is 4.85. The highest BCUT2D eigenvalue weighted by Gasteiger charge is 2.43. The maximum atomic E-state index is 13.3. The summed E-state index contributed by atoms with van der Waals surface area (Å²) < 4.78 is 17.9. The Bertz CT molecular complexity index is 1090. The summed E-state index contributed by atoms with van der Waals surface area (Å²) in [6, 6.07) is 16.5. The van der Waals surface area contributed by atoms with Crippen molar-refractivity contribution in [1.29, 1.82) is 0 Å². The van der Waals surface area contributed by atoms with Gasteiger partial charge in [-0.25, -0.2) is 0 Å². The van der Waals surface area contributed by atoms with Crippen LogP contribution in [0.4, 0.5) is 0 Å². The number of carbonyl (C=O) groups is 3. The van der Waals surface area contributed by atoms with Crippen LogP contribution >= 0.6 is 11.6 Å². The number of hydrogen-bond donors (Lipinski definition) is 2. The van der Waals surface area contributed by atoms with Crippen molar-refractivity contribution < 1.29 is 28.6 Å². The molecule has 198 valence electrons. The first-order valence-corrected chi connectivity index (χ1v) is 13.0. The van der Waals surface area contributed by atoms with Crippen LogP contribution in [0.3, 0.4) is 0 Å². The molecule has 4 rings (SSSR count). The van der Waals surface area contributed by atoms with Gasteiger partial charge in [0, 0.05) is 30.3 Å². The number of halogens is 1. The third-order valence-corrected chi connectivity index (χ3v) is 6.80. The molecule has 0 unspecified atom stereocenters. The second-order valence-electron chi connectivity index (χ2n) is 9.93. The summed E-state index contributed by atoms with van der Waals surface area (Å²) in [5.41, 5.74) is 1.69. The van der Waals surface area contributed by atoms with Crippen molar-refractivity contribution in [3.63, 3.8) is 0 Å². The van der Waals surface area contributed by atoms with Crippen molar-refractivity contribution in [3.05, 3.63) is 70.7 Å². The summed E-state index contributed by atoms with van der Waals surface area (Å²) in [5, 5.41) is 6.41. The zero-order valence-electron chi connectivity index (χ0n) is 21.1. The summed E-state index contributed by atoms with van der Waals surface area (Å²) in [4.78, 5) is 38.8. The van der Waals surface area contributed by atoms with E-state index in [9.17, 15) is 14.4 Å². The van der Waals surface area contributed by atoms with Gasteiger partial charge in [-0.1, -0.05) is 54.1 Å². The molecule has 2 heterocycles. The Kier molecular flexibility index (Phi) is 8.84. The molecule has 2 fully saturated rings. The van der Waals surface area contributed by atoms with Crippen molar-refractivity contribution in [2.24, 2.45) is 5.92 Å². The van der Waals surface area contributed by atoms with E-state index in [2.05, 4.69) is 10.6 Å². The Hall–Kier alpha value is -2.94. The molecule has 2 aliphatic rings. The second-order valence-corrected chi connectivity index (χ2v) is 10.4. The third-order valence-electron chi connectivity index (χ3n) is 6.55. The number of benzene rings is 2. The minimum Gasteiger partial charge on any atom is -0.456 e. The monoisotopic (exact) mass is 528 g/mol. The maximum Gasteiger partial charge on any atom is 0.306 e. The highest BCUT2D eigenvalue weighted by molar-refractivity contribution is 6.30. The van der Waals surface area contributed by atoms with Gasteiger partial charge in [-0.2, -0.15) is 0 Å². The van der Waals surface area contributed by atoms with Crippen molar-refractivity contribution in [1.82, 2.24) is 10.6 Å². The fourth-order valence-electron chi connectivity index (χ4n) is 4.73. The quantitative estimate of drug-likeness (QED) is 0.567. The van der Waals surface area contributed by atoms with Crippen LogP contribution in [0.5, 0.6) is 0 Å². The summed E-state index contributed by atoms with van der Waals surface area (Å²) >= 11 is 5.94. The molecule has 0 saturated carbocycles. The van der Waals surface area contributed by atoms with E-state index in [0.29, 0.717) is 24.4 Å². The Labute approximate surface area is 222 Å². The van der Waals surface area contributed by atoms with Gasteiger partial charge in [0.25, 0.3) is 0 Å². The van der Waals surface area contributed by atoms with Gasteiger partial charge in [-0.05, 0) is 49.9 Å². The molecule has 9 heteroatoms. The molecule has 2 N–H and O–H groups in total. The largest absolute Gasteiger partial charge is 0.456 e. The first kappa shape index (κ1) is 27.1. The first-order chi connectivity index (χ1) is 17.7. The van der Waals surface area contributed by atoms with E-state index >= 15 is 0 Å². The smallest absolute Gasteiger partial charge is 0.306 e. The molecule has 0 spiro atoms. The summed E-state index contributed by atoms with van der Waals surface area (Å²) in [6.07, 6.45) is -0.641. The minimum absolute atomic E-state index is 0.0117. The van der Waals surface area contributed by atoms with Crippen molar-refractivity contribution in [2.75, 3.05) is 6.54 Å². The average molecular weight is 529 g/mol. The Morgan fingerprint density at radius 3 is 2.49 bits per heavy atom. The highest BCUT2D eigenvalue weighted by atomic mass is 35.5. The number of cyclic esters (lactones) is 1. The molecule has 0 bridgehead atoms. The number of fused-ring (bicyclic) bond motifs is 1. The standard InChI is InChI=1S/C28H33ClN2O6/c1-28(2)36-22-12-13-26(33)35-24(19-6-4-3-5-7-19)17-31-27(34)20(14-23(22)37-28)15-25(32)30-16-18-8-10-21(29)11-9-18/h3-11,20,22-24H,12-17H2,1-2H3,(H,30,32)(H,31,34)/t20-,22-,23-,24-/m0/s1. The van der Waals surface area contributed by atoms with E-state index in [4.69, 9.17) is 25.8 Å². The lowest BCUT2D eigenvalue weighted by molar-refractivity contribution is -0.154. The molecule has 2 amide bonds. The van der Waals surface area contributed by atoms with Crippen LogP contribution in [0, 0.1) is 5.92 Å². The van der Waals surface area contributed by atoms with Gasteiger partial charge >= 0.3 is 5.97 Å². The van der Waals surface area contributed by atoms with Crippen LogP contribution in [0.1, 0.15) is 56.8 Å². The van der Waals surface area contributed by atoms with Gasteiger partial charge in [0.15, 0.2) is 5.79 Å². The van der Waals surface area contributed by atoms with Gasteiger partial charge in [-0.3, -0.25) is 14.4 Å². The van der Waals surface area contributed by atoms with Crippen LogP contribution in [-0.4, -0.2) is 42.3 Å². The second kappa shape index (κ2) is 12.1. The lowest BCUT2D eigenvalue weighted by atomic mass is 9.92. The lowest BCUT2D eigenvalue weighted by Gasteiger charge is -2.26. The van der Waals surface area contributed by atoms with Crippen LogP contribution in [0.15, 0.2) is 54.6 Å². The predicted octanol–water partition coefficient (Wildman–Crippen LogP) is 4.07. The van der Waals surface area contributed by atoms with Crippen molar-refractivity contribution in [3.8, 4) is 0 Å². The molecule has 0 radical (unpaired) electrons. The molecule has 2 saturated heterocycles. The molecule has 0 aliphatic carbocycles. The molecule has 2 aromatic rings. The SMILES string of the molecule is CC1(C)O[C@H]2CCC(=O)O[C@H](c3ccccc3)CNC(=O)[C@H](CC(=O)NCc3ccc(Cl)cc3)C[C@@H]2O1. The normalized spacial score (nSPS) is 26.1. The van der Waals surface area contributed by atoms with E-state index in [0.717, 1.165) is 11.1 Å². The predicted molar refractivity (Wildman–Crippen MR) is 137 cm³/mol. The Balaban J connectivity index is 1.49. The van der Waals surface area contributed by atoms with Crippen LogP contribution in [0.2, 0.25) is 5.02 Å². The number of carbonyl (C=O) groups excluding carboxylic acids is 3.